The molecule has 1 fully saturated rings. The highest BCUT2D eigenvalue weighted by molar-refractivity contribution is 5.73. The molecule has 2 heterocycles. The zero-order valence-electron chi connectivity index (χ0n) is 13.9. The number of carboxylic acids is 1. The van der Waals surface area contributed by atoms with E-state index in [0.29, 0.717) is 25.2 Å². The smallest absolute Gasteiger partial charge is 0.322 e. The van der Waals surface area contributed by atoms with E-state index in [1.807, 2.05) is 53.9 Å². The molecule has 0 aliphatic carbocycles. The number of carboxylic acid groups (broad SMARTS) is 1. The summed E-state index contributed by atoms with van der Waals surface area (Å²) in [5.74, 6) is -0.855. The van der Waals surface area contributed by atoms with E-state index in [1.54, 1.807) is 4.68 Å². The zero-order valence-corrected chi connectivity index (χ0v) is 13.9. The van der Waals surface area contributed by atoms with Gasteiger partial charge in [0.1, 0.15) is 6.04 Å². The second-order valence-corrected chi connectivity index (χ2v) is 6.12. The Bertz CT molecular complexity index is 794. The highest BCUT2D eigenvalue weighted by Crippen LogP contribution is 2.13. The average Bonchev–Trinajstić information content (AvgIpc) is 2.79. The molecule has 128 valence electrons. The van der Waals surface area contributed by atoms with Gasteiger partial charge in [-0.3, -0.25) is 19.2 Å². The molecule has 7 nitrogen and oxygen atoms in total. The van der Waals surface area contributed by atoms with Crippen molar-refractivity contribution in [2.45, 2.75) is 19.5 Å². The minimum Gasteiger partial charge on any atom is -0.480 e. The van der Waals surface area contributed by atoms with Gasteiger partial charge < -0.3 is 10.4 Å². The van der Waals surface area contributed by atoms with Gasteiger partial charge >= 0.3 is 5.97 Å². The van der Waals surface area contributed by atoms with Gasteiger partial charge in [0, 0.05) is 38.9 Å². The Balaban J connectivity index is 1.90. The number of piperazine rings is 1. The predicted molar refractivity (Wildman–Crippen MR) is 90.5 cm³/mol. The van der Waals surface area contributed by atoms with Crippen LogP contribution in [-0.2, 0) is 18.4 Å². The number of aliphatic carboxylic acids is 1. The summed E-state index contributed by atoms with van der Waals surface area (Å²) < 4.78 is 3.51. The van der Waals surface area contributed by atoms with Gasteiger partial charge in [0.15, 0.2) is 0 Å². The minimum absolute atomic E-state index is 0.0494. The topological polar surface area (TPSA) is 79.5 Å². The normalized spacial score (nSPS) is 18.7. The number of hydrogen-bond donors (Lipinski definition) is 2. The van der Waals surface area contributed by atoms with Crippen molar-refractivity contribution < 1.29 is 9.90 Å². The lowest BCUT2D eigenvalue weighted by molar-refractivity contribution is -0.140. The second-order valence-electron chi connectivity index (χ2n) is 6.12. The van der Waals surface area contributed by atoms with Crippen LogP contribution in [0.15, 0.2) is 35.1 Å². The van der Waals surface area contributed by atoms with Crippen molar-refractivity contribution >= 4 is 5.97 Å². The van der Waals surface area contributed by atoms with Gasteiger partial charge in [-0.2, -0.15) is 0 Å². The minimum atomic E-state index is -0.855. The Morgan fingerprint density at radius 2 is 2.04 bits per heavy atom. The summed E-state index contributed by atoms with van der Waals surface area (Å²) in [6.07, 6.45) is 0. The molecule has 0 bridgehead atoms. The Labute approximate surface area is 140 Å². The van der Waals surface area contributed by atoms with Gasteiger partial charge in [-0.15, -0.1) is 0 Å². The van der Waals surface area contributed by atoms with Crippen molar-refractivity contribution in [3.05, 3.63) is 51.9 Å². The summed E-state index contributed by atoms with van der Waals surface area (Å²) >= 11 is 0. The molecule has 0 radical (unpaired) electrons. The van der Waals surface area contributed by atoms with E-state index >= 15 is 0 Å². The second kappa shape index (κ2) is 6.62. The Morgan fingerprint density at radius 1 is 1.33 bits per heavy atom. The van der Waals surface area contributed by atoms with Crippen LogP contribution in [0.1, 0.15) is 11.3 Å². The van der Waals surface area contributed by atoms with Gasteiger partial charge in [-0.05, 0) is 19.1 Å². The van der Waals surface area contributed by atoms with Crippen molar-refractivity contribution in [2.75, 3.05) is 19.6 Å². The van der Waals surface area contributed by atoms with Crippen LogP contribution >= 0.6 is 0 Å². The van der Waals surface area contributed by atoms with Crippen LogP contribution in [0.25, 0.3) is 5.69 Å². The van der Waals surface area contributed by atoms with Crippen LogP contribution in [0.4, 0.5) is 0 Å². The first-order chi connectivity index (χ1) is 11.5. The molecule has 1 aliphatic rings. The van der Waals surface area contributed by atoms with Crippen LogP contribution in [0.2, 0.25) is 0 Å². The number of benzene rings is 1. The van der Waals surface area contributed by atoms with E-state index in [1.165, 1.54) is 0 Å². The number of para-hydroxylation sites is 1. The predicted octanol–water partition coefficient (Wildman–Crippen LogP) is 0.343. The maximum Gasteiger partial charge on any atom is 0.322 e. The largest absolute Gasteiger partial charge is 0.480 e. The van der Waals surface area contributed by atoms with Crippen LogP contribution in [0.5, 0.6) is 0 Å². The molecule has 0 spiro atoms. The molecule has 3 rings (SSSR count). The summed E-state index contributed by atoms with van der Waals surface area (Å²) in [6.45, 7) is 4.11. The van der Waals surface area contributed by atoms with Crippen molar-refractivity contribution in [1.29, 1.82) is 0 Å². The van der Waals surface area contributed by atoms with E-state index in [2.05, 4.69) is 5.32 Å². The van der Waals surface area contributed by atoms with E-state index < -0.39 is 12.0 Å². The molecular weight excluding hydrogens is 308 g/mol. The zero-order chi connectivity index (χ0) is 17.3. The van der Waals surface area contributed by atoms with Crippen LogP contribution in [0, 0.1) is 6.92 Å². The fourth-order valence-electron chi connectivity index (χ4n) is 3.15. The summed E-state index contributed by atoms with van der Waals surface area (Å²) in [7, 11) is 1.87. The van der Waals surface area contributed by atoms with Gasteiger partial charge in [0.05, 0.1) is 11.3 Å². The first-order valence-electron chi connectivity index (χ1n) is 8.00. The first-order valence-corrected chi connectivity index (χ1v) is 8.00. The molecule has 1 aromatic carbocycles. The SMILES string of the molecule is Cc1c(CN2CCN[C@@H](C(=O)O)C2)c(=O)n(-c2ccccc2)n1C. The third kappa shape index (κ3) is 3.00. The number of nitrogens with zero attached hydrogens (tertiary/aromatic N) is 3. The molecule has 1 aliphatic heterocycles. The molecule has 0 saturated carbocycles. The lowest BCUT2D eigenvalue weighted by Crippen LogP contribution is -2.54. The fourth-order valence-corrected chi connectivity index (χ4v) is 3.15. The number of carbonyl (C=O) groups is 1. The van der Waals surface area contributed by atoms with E-state index in [9.17, 15) is 9.59 Å². The van der Waals surface area contributed by atoms with Crippen molar-refractivity contribution in [1.82, 2.24) is 19.6 Å². The van der Waals surface area contributed by atoms with Crippen molar-refractivity contribution in [3.63, 3.8) is 0 Å². The van der Waals surface area contributed by atoms with E-state index in [0.717, 1.165) is 17.9 Å². The standard InChI is InChI=1S/C17H22N4O3/c1-12-14(10-20-9-8-18-15(11-20)17(23)24)16(22)21(19(12)2)13-6-4-3-5-7-13/h3-7,15,18H,8-11H2,1-2H3,(H,23,24)/t15-/m1/s1. The maximum absolute atomic E-state index is 12.9. The highest BCUT2D eigenvalue weighted by atomic mass is 16.4. The number of rotatable bonds is 4. The Kier molecular flexibility index (Phi) is 4.55. The molecule has 1 aromatic heterocycles. The highest BCUT2D eigenvalue weighted by Gasteiger charge is 2.26. The van der Waals surface area contributed by atoms with Gasteiger partial charge in [0.25, 0.3) is 5.56 Å². The monoisotopic (exact) mass is 330 g/mol. The summed E-state index contributed by atoms with van der Waals surface area (Å²) in [4.78, 5) is 26.1. The fraction of sp³-hybridized carbons (Fsp3) is 0.412. The van der Waals surface area contributed by atoms with Gasteiger partial charge in [-0.1, -0.05) is 18.2 Å². The lowest BCUT2D eigenvalue weighted by Gasteiger charge is -2.31. The van der Waals surface area contributed by atoms with Gasteiger partial charge in [0.2, 0.25) is 0 Å². The molecule has 1 atom stereocenters. The molecular formula is C17H22N4O3. The van der Waals surface area contributed by atoms with Crippen LogP contribution < -0.4 is 10.9 Å². The molecule has 2 N–H and O–H groups in total. The number of nitrogens with one attached hydrogen (secondary N) is 1. The number of hydrogen-bond acceptors (Lipinski definition) is 4. The lowest BCUT2D eigenvalue weighted by atomic mass is 10.1. The van der Waals surface area contributed by atoms with E-state index in [-0.39, 0.29) is 5.56 Å². The molecule has 0 unspecified atom stereocenters. The first kappa shape index (κ1) is 16.5. The average molecular weight is 330 g/mol. The summed E-state index contributed by atoms with van der Waals surface area (Å²) in [6, 6.07) is 8.93. The Hall–Kier alpha value is -2.38. The molecule has 24 heavy (non-hydrogen) atoms. The van der Waals surface area contributed by atoms with Crippen molar-refractivity contribution in [2.24, 2.45) is 7.05 Å². The van der Waals surface area contributed by atoms with Crippen LogP contribution in [-0.4, -0.2) is 51.0 Å². The Morgan fingerprint density at radius 3 is 2.71 bits per heavy atom. The quantitative estimate of drug-likeness (QED) is 0.845. The van der Waals surface area contributed by atoms with Gasteiger partial charge in [-0.25, -0.2) is 4.68 Å². The summed E-state index contributed by atoms with van der Waals surface area (Å²) in [5.41, 5.74) is 2.39. The van der Waals surface area contributed by atoms with Crippen LogP contribution in [0.3, 0.4) is 0 Å². The number of aromatic nitrogens is 2. The molecule has 0 amide bonds. The summed E-state index contributed by atoms with van der Waals surface area (Å²) in [5, 5.41) is 12.1. The van der Waals surface area contributed by atoms with Crippen molar-refractivity contribution in [3.8, 4) is 5.69 Å². The van der Waals surface area contributed by atoms with E-state index in [4.69, 9.17) is 5.11 Å². The third-order valence-corrected chi connectivity index (χ3v) is 4.61. The molecule has 1 saturated heterocycles. The third-order valence-electron chi connectivity index (χ3n) is 4.61. The molecule has 7 heteroatoms. The maximum atomic E-state index is 12.9. The molecule has 2 aromatic rings.